The summed E-state index contributed by atoms with van der Waals surface area (Å²) in [5, 5.41) is 0. The fourth-order valence-electron chi connectivity index (χ4n) is 2.19. The largest absolute Gasteiger partial charge is 0.339 e. The van der Waals surface area contributed by atoms with Gasteiger partial charge in [0.25, 0.3) is 0 Å². The molecule has 0 spiro atoms. The lowest BCUT2D eigenvalue weighted by Crippen LogP contribution is -2.50. The van der Waals surface area contributed by atoms with Crippen LogP contribution in [0, 0.1) is 0 Å². The van der Waals surface area contributed by atoms with Crippen molar-refractivity contribution in [3.8, 4) is 0 Å². The van der Waals surface area contributed by atoms with Crippen LogP contribution in [0.3, 0.4) is 0 Å². The van der Waals surface area contributed by atoms with Gasteiger partial charge in [-0.2, -0.15) is 0 Å². The Kier molecular flexibility index (Phi) is 3.41. The Morgan fingerprint density at radius 1 is 1.33 bits per heavy atom. The van der Waals surface area contributed by atoms with Gasteiger partial charge in [-0.15, -0.1) is 11.6 Å². The van der Waals surface area contributed by atoms with Gasteiger partial charge in [-0.25, -0.2) is 0 Å². The monoisotopic (exact) mass is 265 g/mol. The molecule has 0 radical (unpaired) electrons. The van der Waals surface area contributed by atoms with Gasteiger partial charge in [0.05, 0.1) is 11.0 Å². The van der Waals surface area contributed by atoms with E-state index in [1.165, 1.54) is 0 Å². The highest BCUT2D eigenvalue weighted by Gasteiger charge is 2.53. The molecule has 0 bridgehead atoms. The van der Waals surface area contributed by atoms with Crippen LogP contribution in [0.1, 0.15) is 32.3 Å². The van der Waals surface area contributed by atoms with Crippen LogP contribution < -0.4 is 0 Å². The van der Waals surface area contributed by atoms with Crippen LogP contribution in [0.2, 0.25) is 0 Å². The maximum absolute atomic E-state index is 12.7. The van der Waals surface area contributed by atoms with Gasteiger partial charge in [0, 0.05) is 12.9 Å². The number of amides is 1. The second kappa shape index (κ2) is 4.58. The molecule has 1 aliphatic rings. The van der Waals surface area contributed by atoms with Gasteiger partial charge in [-0.3, -0.25) is 4.79 Å². The van der Waals surface area contributed by atoms with Gasteiger partial charge in [0.1, 0.15) is 0 Å². The molecule has 3 heteroatoms. The SMILES string of the molecule is CN(C(=O)C1(c2ccccc2)CC1)C(C)(C)CCl. The smallest absolute Gasteiger partial charge is 0.233 e. The van der Waals surface area contributed by atoms with Gasteiger partial charge >= 0.3 is 0 Å². The molecule has 18 heavy (non-hydrogen) atoms. The Morgan fingerprint density at radius 2 is 1.89 bits per heavy atom. The van der Waals surface area contributed by atoms with Crippen molar-refractivity contribution < 1.29 is 4.79 Å². The first-order chi connectivity index (χ1) is 8.44. The number of carbonyl (C=O) groups is 1. The summed E-state index contributed by atoms with van der Waals surface area (Å²) in [7, 11) is 1.85. The Morgan fingerprint density at radius 3 is 2.33 bits per heavy atom. The zero-order chi connectivity index (χ0) is 13.4. The third-order valence-electron chi connectivity index (χ3n) is 4.03. The molecule has 1 amide bonds. The molecule has 0 heterocycles. The summed E-state index contributed by atoms with van der Waals surface area (Å²) >= 11 is 5.95. The van der Waals surface area contributed by atoms with Gasteiger partial charge in [0.15, 0.2) is 0 Å². The van der Waals surface area contributed by atoms with Crippen molar-refractivity contribution in [2.75, 3.05) is 12.9 Å². The third kappa shape index (κ3) is 2.14. The molecule has 2 nitrogen and oxygen atoms in total. The first-order valence-electron chi connectivity index (χ1n) is 6.34. The second-order valence-corrected chi connectivity index (χ2v) is 6.03. The molecule has 1 aromatic carbocycles. The Hall–Kier alpha value is -1.02. The summed E-state index contributed by atoms with van der Waals surface area (Å²) in [6.07, 6.45) is 1.89. The van der Waals surface area contributed by atoms with E-state index in [-0.39, 0.29) is 16.9 Å². The zero-order valence-electron chi connectivity index (χ0n) is 11.2. The molecule has 1 fully saturated rings. The lowest BCUT2D eigenvalue weighted by Gasteiger charge is -2.36. The van der Waals surface area contributed by atoms with Crippen LogP contribution in [-0.2, 0) is 10.2 Å². The number of halogens is 1. The van der Waals surface area contributed by atoms with E-state index < -0.39 is 0 Å². The number of likely N-dealkylation sites (N-methyl/N-ethyl adjacent to an activating group) is 1. The van der Waals surface area contributed by atoms with Gasteiger partial charge in [-0.05, 0) is 32.3 Å². The highest BCUT2D eigenvalue weighted by atomic mass is 35.5. The fourth-order valence-corrected chi connectivity index (χ4v) is 2.37. The van der Waals surface area contributed by atoms with Gasteiger partial charge in [-0.1, -0.05) is 30.3 Å². The minimum absolute atomic E-state index is 0.194. The van der Waals surface area contributed by atoms with Crippen LogP contribution >= 0.6 is 11.6 Å². The quantitative estimate of drug-likeness (QED) is 0.766. The Labute approximate surface area is 114 Å². The number of hydrogen-bond donors (Lipinski definition) is 0. The van der Waals surface area contributed by atoms with Crippen LogP contribution in [-0.4, -0.2) is 29.3 Å². The Balaban J connectivity index is 2.25. The van der Waals surface area contributed by atoms with Gasteiger partial charge in [0.2, 0.25) is 5.91 Å². The highest BCUT2D eigenvalue weighted by molar-refractivity contribution is 6.18. The number of hydrogen-bond acceptors (Lipinski definition) is 1. The summed E-state index contributed by atoms with van der Waals surface area (Å²) in [6.45, 7) is 4.00. The van der Waals surface area contributed by atoms with E-state index in [4.69, 9.17) is 11.6 Å². The number of rotatable bonds is 4. The Bertz CT molecular complexity index is 437. The molecule has 1 aromatic rings. The number of nitrogens with zero attached hydrogens (tertiary/aromatic N) is 1. The lowest BCUT2D eigenvalue weighted by molar-refractivity contribution is -0.136. The van der Waals surface area contributed by atoms with E-state index in [9.17, 15) is 4.79 Å². The molecular weight excluding hydrogens is 246 g/mol. The second-order valence-electron chi connectivity index (χ2n) is 5.76. The maximum atomic E-state index is 12.7. The predicted octanol–water partition coefficient (Wildman–Crippen LogP) is 3.19. The molecule has 2 rings (SSSR count). The first-order valence-corrected chi connectivity index (χ1v) is 6.87. The van der Waals surface area contributed by atoms with Crippen LogP contribution in [0.15, 0.2) is 30.3 Å². The van der Waals surface area contributed by atoms with Crippen LogP contribution in [0.5, 0.6) is 0 Å². The normalized spacial score (nSPS) is 17.3. The van der Waals surface area contributed by atoms with E-state index in [1.54, 1.807) is 4.90 Å². The average molecular weight is 266 g/mol. The molecule has 0 aliphatic heterocycles. The zero-order valence-corrected chi connectivity index (χ0v) is 12.0. The summed E-state index contributed by atoms with van der Waals surface area (Å²) in [5.74, 6) is 0.638. The predicted molar refractivity (Wildman–Crippen MR) is 74.9 cm³/mol. The summed E-state index contributed by atoms with van der Waals surface area (Å²) in [6, 6.07) is 10.1. The molecule has 1 aliphatic carbocycles. The van der Waals surface area contributed by atoms with E-state index in [0.29, 0.717) is 5.88 Å². The molecule has 0 N–H and O–H groups in total. The van der Waals surface area contributed by atoms with Crippen molar-refractivity contribution in [2.24, 2.45) is 0 Å². The minimum Gasteiger partial charge on any atom is -0.339 e. The average Bonchev–Trinajstić information content (AvgIpc) is 3.19. The van der Waals surface area contributed by atoms with Crippen molar-refractivity contribution in [2.45, 2.75) is 37.6 Å². The van der Waals surface area contributed by atoms with Crippen molar-refractivity contribution >= 4 is 17.5 Å². The topological polar surface area (TPSA) is 20.3 Å². The van der Waals surface area contributed by atoms with Crippen molar-refractivity contribution in [1.82, 2.24) is 4.90 Å². The molecule has 0 aromatic heterocycles. The summed E-state index contributed by atoms with van der Waals surface area (Å²) < 4.78 is 0. The van der Waals surface area contributed by atoms with Crippen molar-refractivity contribution in [1.29, 1.82) is 0 Å². The van der Waals surface area contributed by atoms with Crippen LogP contribution in [0.25, 0.3) is 0 Å². The van der Waals surface area contributed by atoms with Gasteiger partial charge < -0.3 is 4.90 Å². The highest BCUT2D eigenvalue weighted by Crippen LogP contribution is 2.50. The molecule has 0 saturated heterocycles. The van der Waals surface area contributed by atoms with Crippen LogP contribution in [0.4, 0.5) is 0 Å². The molecule has 0 unspecified atom stereocenters. The minimum atomic E-state index is -0.303. The van der Waals surface area contributed by atoms with Crippen molar-refractivity contribution in [3.63, 3.8) is 0 Å². The maximum Gasteiger partial charge on any atom is 0.233 e. The van der Waals surface area contributed by atoms with E-state index in [0.717, 1.165) is 18.4 Å². The molecule has 0 atom stereocenters. The molecular formula is C15H20ClNO. The number of benzene rings is 1. The van der Waals surface area contributed by atoms with E-state index in [2.05, 4.69) is 0 Å². The number of carbonyl (C=O) groups excluding carboxylic acids is 1. The van der Waals surface area contributed by atoms with E-state index >= 15 is 0 Å². The van der Waals surface area contributed by atoms with E-state index in [1.807, 2.05) is 51.2 Å². The number of alkyl halides is 1. The third-order valence-corrected chi connectivity index (χ3v) is 4.68. The lowest BCUT2D eigenvalue weighted by atomic mass is 9.92. The fraction of sp³-hybridized carbons (Fsp3) is 0.533. The standard InChI is InChI=1S/C15H20ClNO/c1-14(2,11-16)17(3)13(18)15(9-10-15)12-7-5-4-6-8-12/h4-8H,9-11H2,1-3H3. The van der Waals surface area contributed by atoms with Crippen molar-refractivity contribution in [3.05, 3.63) is 35.9 Å². The summed E-state index contributed by atoms with van der Waals surface area (Å²) in [5.41, 5.74) is 0.537. The molecule has 1 saturated carbocycles. The summed E-state index contributed by atoms with van der Waals surface area (Å²) in [4.78, 5) is 14.5. The molecule has 98 valence electrons. The first kappa shape index (κ1) is 13.4.